The van der Waals surface area contributed by atoms with E-state index in [0.29, 0.717) is 17.2 Å². The summed E-state index contributed by atoms with van der Waals surface area (Å²) in [6, 6.07) is 0. The first kappa shape index (κ1) is 10.1. The normalized spacial score (nSPS) is 12.5. The second-order valence-electron chi connectivity index (χ2n) is 2.66. The highest BCUT2D eigenvalue weighted by molar-refractivity contribution is 7.13. The molecule has 1 aromatic heterocycles. The average Bonchev–Trinajstić information content (AvgIpc) is 2.52. The summed E-state index contributed by atoms with van der Waals surface area (Å²) in [5, 5.41) is 14.1. The number of rotatable bonds is 3. The van der Waals surface area contributed by atoms with Gasteiger partial charge in [0.2, 0.25) is 5.91 Å². The number of anilines is 1. The summed E-state index contributed by atoms with van der Waals surface area (Å²) >= 11 is 1.32. The number of nitrogens with zero attached hydrogens (tertiary/aromatic N) is 1. The van der Waals surface area contributed by atoms with Crippen LogP contribution < -0.4 is 5.32 Å². The Balaban J connectivity index is 2.64. The molecule has 0 aliphatic heterocycles. The Labute approximate surface area is 80.6 Å². The Hall–Kier alpha value is -0.940. The molecule has 0 aliphatic rings. The Kier molecular flexibility index (Phi) is 3.39. The number of aliphatic hydroxyl groups is 1. The van der Waals surface area contributed by atoms with Crippen LogP contribution in [-0.4, -0.2) is 16.0 Å². The van der Waals surface area contributed by atoms with E-state index in [4.69, 9.17) is 5.11 Å². The number of nitrogens with one attached hydrogen (secondary N) is 1. The standard InChI is InChI=1S/C8H12N2O2S/c1-3-7(12)10-8-9-6(4-13-8)5(2)11/h4-5,11H,3H2,1-2H3,(H,9,10,12). The van der Waals surface area contributed by atoms with Gasteiger partial charge in [-0.2, -0.15) is 0 Å². The Bertz CT molecular complexity index is 296. The summed E-state index contributed by atoms with van der Waals surface area (Å²) in [6.45, 7) is 3.42. The number of aliphatic hydroxyl groups excluding tert-OH is 1. The van der Waals surface area contributed by atoms with Crippen molar-refractivity contribution < 1.29 is 9.90 Å². The minimum atomic E-state index is -0.580. The number of thiazole rings is 1. The summed E-state index contributed by atoms with van der Waals surface area (Å²) in [7, 11) is 0. The van der Waals surface area contributed by atoms with Crippen LogP contribution in [0.2, 0.25) is 0 Å². The first-order chi connectivity index (χ1) is 6.13. The number of carbonyl (C=O) groups excluding carboxylic acids is 1. The topological polar surface area (TPSA) is 62.2 Å². The van der Waals surface area contributed by atoms with Crippen molar-refractivity contribution in [3.63, 3.8) is 0 Å². The van der Waals surface area contributed by atoms with Crippen LogP contribution in [0.25, 0.3) is 0 Å². The molecular weight excluding hydrogens is 188 g/mol. The van der Waals surface area contributed by atoms with Gasteiger partial charge in [-0.3, -0.25) is 4.79 Å². The van der Waals surface area contributed by atoms with E-state index in [1.807, 2.05) is 0 Å². The Morgan fingerprint density at radius 3 is 3.00 bits per heavy atom. The lowest BCUT2D eigenvalue weighted by molar-refractivity contribution is -0.115. The van der Waals surface area contributed by atoms with Crippen molar-refractivity contribution in [3.8, 4) is 0 Å². The quantitative estimate of drug-likeness (QED) is 0.778. The first-order valence-corrected chi connectivity index (χ1v) is 4.94. The highest BCUT2D eigenvalue weighted by Gasteiger charge is 2.07. The fourth-order valence-corrected chi connectivity index (χ4v) is 1.56. The third-order valence-electron chi connectivity index (χ3n) is 1.52. The van der Waals surface area contributed by atoms with Gasteiger partial charge in [-0.1, -0.05) is 6.92 Å². The molecule has 72 valence electrons. The van der Waals surface area contributed by atoms with E-state index in [-0.39, 0.29) is 5.91 Å². The van der Waals surface area contributed by atoms with Crippen LogP contribution in [0.5, 0.6) is 0 Å². The smallest absolute Gasteiger partial charge is 0.225 e. The van der Waals surface area contributed by atoms with Crippen LogP contribution in [-0.2, 0) is 4.79 Å². The van der Waals surface area contributed by atoms with Gasteiger partial charge in [-0.05, 0) is 6.92 Å². The van der Waals surface area contributed by atoms with Gasteiger partial charge in [-0.25, -0.2) is 4.98 Å². The molecule has 0 aromatic carbocycles. The van der Waals surface area contributed by atoms with Crippen molar-refractivity contribution >= 4 is 22.4 Å². The summed E-state index contributed by atoms with van der Waals surface area (Å²) in [5.41, 5.74) is 0.594. The van der Waals surface area contributed by atoms with Crippen LogP contribution in [0.3, 0.4) is 0 Å². The SMILES string of the molecule is CCC(=O)Nc1nc(C(C)O)cs1. The van der Waals surface area contributed by atoms with Gasteiger partial charge in [0.15, 0.2) is 5.13 Å². The summed E-state index contributed by atoms with van der Waals surface area (Å²) in [4.78, 5) is 15.0. The molecule has 1 amide bonds. The van der Waals surface area contributed by atoms with Crippen LogP contribution >= 0.6 is 11.3 Å². The molecule has 1 heterocycles. The number of carbonyl (C=O) groups is 1. The van der Waals surface area contributed by atoms with Gasteiger partial charge < -0.3 is 10.4 Å². The summed E-state index contributed by atoms with van der Waals surface area (Å²) < 4.78 is 0. The maximum atomic E-state index is 11.0. The lowest BCUT2D eigenvalue weighted by Gasteiger charge is -1.98. The molecule has 0 bridgehead atoms. The molecule has 13 heavy (non-hydrogen) atoms. The van der Waals surface area contributed by atoms with Gasteiger partial charge >= 0.3 is 0 Å². The number of hydrogen-bond acceptors (Lipinski definition) is 4. The molecule has 1 aromatic rings. The second kappa shape index (κ2) is 4.34. The minimum Gasteiger partial charge on any atom is -0.387 e. The van der Waals surface area contributed by atoms with Crippen molar-refractivity contribution in [2.45, 2.75) is 26.4 Å². The lowest BCUT2D eigenvalue weighted by Crippen LogP contribution is -2.09. The highest BCUT2D eigenvalue weighted by atomic mass is 32.1. The maximum Gasteiger partial charge on any atom is 0.225 e. The van der Waals surface area contributed by atoms with Crippen LogP contribution in [0.4, 0.5) is 5.13 Å². The van der Waals surface area contributed by atoms with Crippen molar-refractivity contribution in [1.29, 1.82) is 0 Å². The molecule has 0 spiro atoms. The van der Waals surface area contributed by atoms with Crippen molar-refractivity contribution in [1.82, 2.24) is 4.98 Å². The van der Waals surface area contributed by atoms with Gasteiger partial charge in [0.1, 0.15) is 0 Å². The van der Waals surface area contributed by atoms with Gasteiger partial charge in [-0.15, -0.1) is 11.3 Å². The zero-order chi connectivity index (χ0) is 9.84. The molecule has 1 atom stereocenters. The van der Waals surface area contributed by atoms with E-state index in [1.165, 1.54) is 11.3 Å². The largest absolute Gasteiger partial charge is 0.387 e. The van der Waals surface area contributed by atoms with Gasteiger partial charge in [0.25, 0.3) is 0 Å². The molecule has 1 rings (SSSR count). The van der Waals surface area contributed by atoms with Crippen LogP contribution in [0.15, 0.2) is 5.38 Å². The molecule has 2 N–H and O–H groups in total. The maximum absolute atomic E-state index is 11.0. The molecule has 0 saturated heterocycles. The zero-order valence-electron chi connectivity index (χ0n) is 7.57. The molecule has 0 fully saturated rings. The predicted octanol–water partition coefficient (Wildman–Crippen LogP) is 1.54. The average molecular weight is 200 g/mol. The van der Waals surface area contributed by atoms with E-state index in [9.17, 15) is 4.79 Å². The first-order valence-electron chi connectivity index (χ1n) is 4.06. The molecule has 4 nitrogen and oxygen atoms in total. The number of aromatic nitrogens is 1. The molecule has 0 radical (unpaired) electrons. The molecule has 0 aliphatic carbocycles. The van der Waals surface area contributed by atoms with Crippen LogP contribution in [0, 0.1) is 0 Å². The monoisotopic (exact) mass is 200 g/mol. The van der Waals surface area contributed by atoms with Crippen LogP contribution in [0.1, 0.15) is 32.1 Å². The minimum absolute atomic E-state index is 0.0634. The Morgan fingerprint density at radius 2 is 2.54 bits per heavy atom. The van der Waals surface area contributed by atoms with Gasteiger partial charge in [0.05, 0.1) is 11.8 Å². The van der Waals surface area contributed by atoms with Gasteiger partial charge in [0, 0.05) is 11.8 Å². The van der Waals surface area contributed by atoms with E-state index in [0.717, 1.165) is 0 Å². The molecule has 0 saturated carbocycles. The molecule has 1 unspecified atom stereocenters. The lowest BCUT2D eigenvalue weighted by atomic mass is 10.3. The van der Waals surface area contributed by atoms with E-state index in [2.05, 4.69) is 10.3 Å². The molecule has 5 heteroatoms. The number of amides is 1. The highest BCUT2D eigenvalue weighted by Crippen LogP contribution is 2.20. The zero-order valence-corrected chi connectivity index (χ0v) is 8.39. The van der Waals surface area contributed by atoms with E-state index in [1.54, 1.807) is 19.2 Å². The van der Waals surface area contributed by atoms with Crippen molar-refractivity contribution in [3.05, 3.63) is 11.1 Å². The fraction of sp³-hybridized carbons (Fsp3) is 0.500. The van der Waals surface area contributed by atoms with E-state index < -0.39 is 6.10 Å². The van der Waals surface area contributed by atoms with Crippen molar-refractivity contribution in [2.75, 3.05) is 5.32 Å². The Morgan fingerprint density at radius 1 is 1.85 bits per heavy atom. The third-order valence-corrected chi connectivity index (χ3v) is 2.29. The second-order valence-corrected chi connectivity index (χ2v) is 3.51. The predicted molar refractivity (Wildman–Crippen MR) is 51.7 cm³/mol. The molecular formula is C8H12N2O2S. The van der Waals surface area contributed by atoms with E-state index >= 15 is 0 Å². The fourth-order valence-electron chi connectivity index (χ4n) is 0.743. The third kappa shape index (κ3) is 2.78. The summed E-state index contributed by atoms with van der Waals surface area (Å²) in [6.07, 6.45) is -0.146. The number of hydrogen-bond donors (Lipinski definition) is 2. The van der Waals surface area contributed by atoms with Crippen molar-refractivity contribution in [2.24, 2.45) is 0 Å². The summed E-state index contributed by atoms with van der Waals surface area (Å²) in [5.74, 6) is -0.0634.